The highest BCUT2D eigenvalue weighted by molar-refractivity contribution is 7.87. The molecule has 0 radical (unpaired) electrons. The van der Waals surface area contributed by atoms with E-state index >= 15 is 0 Å². The lowest BCUT2D eigenvalue weighted by Crippen LogP contribution is -2.47. The van der Waals surface area contributed by atoms with Crippen LogP contribution in [0.4, 0.5) is 0 Å². The van der Waals surface area contributed by atoms with Crippen molar-refractivity contribution >= 4 is 33.5 Å². The van der Waals surface area contributed by atoms with E-state index in [4.69, 9.17) is 21.7 Å². The summed E-state index contributed by atoms with van der Waals surface area (Å²) >= 11 is 6.12. The molecule has 4 rings (SSSR count). The minimum Gasteiger partial charge on any atom is -0.306 e. The predicted octanol–water partition coefficient (Wildman–Crippen LogP) is 2.99. The molecule has 0 aliphatic carbocycles. The molecule has 0 aromatic heterocycles. The SMILES string of the molecule is CN1CCC(N=C(NS(=O)(=O)N(C)C)N2CC(c3ccccc3)C(c3ccc(Cl)cc3)=N2)CC1. The summed E-state index contributed by atoms with van der Waals surface area (Å²) in [6, 6.07) is 17.7. The monoisotopic (exact) mass is 502 g/mol. The van der Waals surface area contributed by atoms with Crippen molar-refractivity contribution in [3.05, 3.63) is 70.7 Å². The van der Waals surface area contributed by atoms with Crippen molar-refractivity contribution in [3.63, 3.8) is 0 Å². The van der Waals surface area contributed by atoms with Crippen LogP contribution in [0.25, 0.3) is 0 Å². The van der Waals surface area contributed by atoms with Gasteiger partial charge in [0.2, 0.25) is 5.96 Å². The maximum atomic E-state index is 12.8. The lowest BCUT2D eigenvalue weighted by molar-refractivity contribution is 0.255. The van der Waals surface area contributed by atoms with Crippen molar-refractivity contribution in [2.45, 2.75) is 24.8 Å². The Bertz CT molecular complexity index is 1140. The highest BCUT2D eigenvalue weighted by Crippen LogP contribution is 2.30. The lowest BCUT2D eigenvalue weighted by Gasteiger charge is -2.28. The maximum Gasteiger partial charge on any atom is 0.303 e. The van der Waals surface area contributed by atoms with Crippen LogP contribution in [0.3, 0.4) is 0 Å². The van der Waals surface area contributed by atoms with Gasteiger partial charge in [-0.2, -0.15) is 17.8 Å². The normalized spacial score (nSPS) is 20.6. The molecule has 0 amide bonds. The third-order valence-electron chi connectivity index (χ3n) is 6.19. The second kappa shape index (κ2) is 10.4. The molecule has 1 saturated heterocycles. The molecule has 1 atom stereocenters. The van der Waals surface area contributed by atoms with E-state index in [1.165, 1.54) is 14.1 Å². The number of halogens is 1. The van der Waals surface area contributed by atoms with Crippen LogP contribution in [-0.2, 0) is 10.2 Å². The molecule has 2 aliphatic heterocycles. The van der Waals surface area contributed by atoms with E-state index in [0.29, 0.717) is 11.6 Å². The first-order valence-electron chi connectivity index (χ1n) is 11.4. The summed E-state index contributed by atoms with van der Waals surface area (Å²) in [7, 11) is 1.32. The number of benzene rings is 2. The summed E-state index contributed by atoms with van der Waals surface area (Å²) < 4.78 is 29.4. The summed E-state index contributed by atoms with van der Waals surface area (Å²) in [5.74, 6) is 0.210. The largest absolute Gasteiger partial charge is 0.306 e. The average Bonchev–Trinajstić information content (AvgIpc) is 3.26. The summed E-state index contributed by atoms with van der Waals surface area (Å²) in [4.78, 5) is 7.12. The molecule has 2 aliphatic rings. The molecule has 2 heterocycles. The number of guanidine groups is 1. The Labute approximate surface area is 207 Å². The van der Waals surface area contributed by atoms with E-state index in [0.717, 1.165) is 47.1 Å². The number of hydrazone groups is 1. The van der Waals surface area contributed by atoms with Gasteiger partial charge in [-0.05, 0) is 56.2 Å². The minimum absolute atomic E-state index is 0.0287. The Morgan fingerprint density at radius 1 is 1.09 bits per heavy atom. The van der Waals surface area contributed by atoms with Crippen LogP contribution in [0, 0.1) is 0 Å². The number of hydrogen-bond donors (Lipinski definition) is 1. The fourth-order valence-corrected chi connectivity index (χ4v) is 4.81. The third kappa shape index (κ3) is 5.78. The van der Waals surface area contributed by atoms with E-state index < -0.39 is 10.2 Å². The number of aliphatic imine (C=N–C) groups is 1. The molecular formula is C24H31ClN6O2S. The molecule has 182 valence electrons. The van der Waals surface area contributed by atoms with Crippen molar-refractivity contribution in [2.24, 2.45) is 10.1 Å². The third-order valence-corrected chi connectivity index (χ3v) is 7.85. The minimum atomic E-state index is -3.75. The number of nitrogens with one attached hydrogen (secondary N) is 1. The van der Waals surface area contributed by atoms with E-state index in [2.05, 4.69) is 28.8 Å². The van der Waals surface area contributed by atoms with Gasteiger partial charge in [-0.15, -0.1) is 0 Å². The van der Waals surface area contributed by atoms with E-state index in [1.807, 2.05) is 42.5 Å². The van der Waals surface area contributed by atoms with Gasteiger partial charge in [0.25, 0.3) is 0 Å². The quantitative estimate of drug-likeness (QED) is 0.503. The predicted molar refractivity (Wildman–Crippen MR) is 138 cm³/mol. The summed E-state index contributed by atoms with van der Waals surface area (Å²) in [6.45, 7) is 2.32. The van der Waals surface area contributed by atoms with Crippen molar-refractivity contribution in [3.8, 4) is 0 Å². The molecule has 1 N–H and O–H groups in total. The molecule has 10 heteroatoms. The Morgan fingerprint density at radius 2 is 1.74 bits per heavy atom. The van der Waals surface area contributed by atoms with Crippen LogP contribution in [0.5, 0.6) is 0 Å². The number of rotatable bonds is 5. The summed E-state index contributed by atoms with van der Waals surface area (Å²) in [5.41, 5.74) is 2.89. The first kappa shape index (κ1) is 24.7. The van der Waals surface area contributed by atoms with Gasteiger partial charge in [0.05, 0.1) is 18.3 Å². The molecule has 0 spiro atoms. The summed E-state index contributed by atoms with van der Waals surface area (Å²) in [6.07, 6.45) is 1.74. The molecule has 1 unspecified atom stereocenters. The van der Waals surface area contributed by atoms with Crippen LogP contribution >= 0.6 is 11.6 Å². The zero-order valence-corrected chi connectivity index (χ0v) is 21.3. The van der Waals surface area contributed by atoms with Gasteiger partial charge in [0, 0.05) is 25.0 Å². The number of nitrogens with zero attached hydrogens (tertiary/aromatic N) is 5. The Morgan fingerprint density at radius 3 is 2.35 bits per heavy atom. The van der Waals surface area contributed by atoms with Crippen LogP contribution in [-0.4, -0.2) is 81.1 Å². The Hall–Kier alpha value is -2.46. The number of hydrogen-bond acceptors (Lipinski definition) is 5. The average molecular weight is 503 g/mol. The van der Waals surface area contributed by atoms with Crippen molar-refractivity contribution in [1.82, 2.24) is 18.9 Å². The zero-order chi connectivity index (χ0) is 24.3. The molecule has 0 bridgehead atoms. The lowest BCUT2D eigenvalue weighted by atomic mass is 9.91. The van der Waals surface area contributed by atoms with Crippen LogP contribution in [0.2, 0.25) is 5.02 Å². The fourth-order valence-electron chi connectivity index (χ4n) is 4.11. The smallest absolute Gasteiger partial charge is 0.303 e. The Balaban J connectivity index is 1.72. The first-order valence-corrected chi connectivity index (χ1v) is 13.2. The fraction of sp³-hybridized carbons (Fsp3) is 0.417. The van der Waals surface area contributed by atoms with Crippen LogP contribution in [0.1, 0.15) is 29.9 Å². The second-order valence-corrected chi connectivity index (χ2v) is 11.2. The van der Waals surface area contributed by atoms with Crippen LogP contribution in [0.15, 0.2) is 64.7 Å². The van der Waals surface area contributed by atoms with Gasteiger partial charge < -0.3 is 4.90 Å². The molecule has 8 nitrogen and oxygen atoms in total. The molecule has 1 fully saturated rings. The number of likely N-dealkylation sites (tertiary alicyclic amines) is 1. The molecule has 2 aromatic carbocycles. The van der Waals surface area contributed by atoms with E-state index in [9.17, 15) is 8.42 Å². The topological polar surface area (TPSA) is 80.6 Å². The van der Waals surface area contributed by atoms with E-state index in [-0.39, 0.29) is 17.9 Å². The molecular weight excluding hydrogens is 472 g/mol. The maximum absolute atomic E-state index is 12.8. The second-order valence-electron chi connectivity index (χ2n) is 8.91. The van der Waals surface area contributed by atoms with Gasteiger partial charge in [-0.1, -0.05) is 54.1 Å². The van der Waals surface area contributed by atoms with Gasteiger partial charge in [0.1, 0.15) is 0 Å². The number of piperidine rings is 1. The van der Waals surface area contributed by atoms with E-state index in [1.54, 1.807) is 5.01 Å². The highest BCUT2D eigenvalue weighted by Gasteiger charge is 2.33. The van der Waals surface area contributed by atoms with Crippen molar-refractivity contribution in [2.75, 3.05) is 40.8 Å². The van der Waals surface area contributed by atoms with Gasteiger partial charge in [-0.3, -0.25) is 0 Å². The molecule has 0 saturated carbocycles. The van der Waals surface area contributed by atoms with Gasteiger partial charge in [-0.25, -0.2) is 14.7 Å². The van der Waals surface area contributed by atoms with Crippen molar-refractivity contribution in [1.29, 1.82) is 0 Å². The highest BCUT2D eigenvalue weighted by atomic mass is 35.5. The molecule has 2 aromatic rings. The van der Waals surface area contributed by atoms with Gasteiger partial charge >= 0.3 is 10.2 Å². The first-order chi connectivity index (χ1) is 16.2. The van der Waals surface area contributed by atoms with Gasteiger partial charge in [0.15, 0.2) is 0 Å². The van der Waals surface area contributed by atoms with Crippen molar-refractivity contribution < 1.29 is 8.42 Å². The Kier molecular flexibility index (Phi) is 7.57. The zero-order valence-electron chi connectivity index (χ0n) is 19.7. The summed E-state index contributed by atoms with van der Waals surface area (Å²) in [5, 5.41) is 7.24. The molecule has 34 heavy (non-hydrogen) atoms. The van der Waals surface area contributed by atoms with Crippen LogP contribution < -0.4 is 4.72 Å². The standard InChI is InChI=1S/C24H31ClN6O2S/c1-29(2)34(32,33)28-24(26-21-13-15-30(3)16-14-21)31-17-22(18-7-5-4-6-8-18)23(27-31)19-9-11-20(25)12-10-19/h4-12,21-22H,13-17H2,1-3H3,(H,26,28).